The maximum absolute atomic E-state index is 15.2. The summed E-state index contributed by atoms with van der Waals surface area (Å²) < 4.78 is 129. The van der Waals surface area contributed by atoms with Gasteiger partial charge in [-0.25, -0.2) is 45.6 Å². The van der Waals surface area contributed by atoms with E-state index in [9.17, 15) is 54.4 Å². The number of fused-ring (bicyclic) bond motifs is 6. The number of halogens is 2. The number of ketones is 2. The van der Waals surface area contributed by atoms with E-state index < -0.39 is 172 Å². The molecule has 2 saturated heterocycles. The van der Waals surface area contributed by atoms with Crippen molar-refractivity contribution >= 4 is 89.2 Å². The van der Waals surface area contributed by atoms with Crippen molar-refractivity contribution < 1.29 is 102 Å². The summed E-state index contributed by atoms with van der Waals surface area (Å²) in [6.45, 7) is 20.5. The normalized spacial score (nSPS) is 28.9. The highest BCUT2D eigenvalue weighted by Crippen LogP contribution is 2.60. The van der Waals surface area contributed by atoms with Crippen molar-refractivity contribution in [2.75, 3.05) is 68.1 Å². The molecule has 660 valence electrons. The van der Waals surface area contributed by atoms with Gasteiger partial charge in [0.1, 0.15) is 69.1 Å². The lowest BCUT2D eigenvalue weighted by Gasteiger charge is -2.34. The number of Topliss-reactive ketones (excluding diaryl/α,β-unsaturated/α-hetero) is 2. The Morgan fingerprint density at radius 3 is 1.23 bits per heavy atom. The van der Waals surface area contributed by atoms with E-state index in [4.69, 9.17) is 57.8 Å². The van der Waals surface area contributed by atoms with E-state index in [1.54, 1.807) is 94.2 Å². The fourth-order valence-corrected chi connectivity index (χ4v) is 20.5. The number of sulfonamides is 2. The van der Waals surface area contributed by atoms with E-state index in [0.717, 1.165) is 12.8 Å². The molecular formula is C88H122F2N8O20S2. The van der Waals surface area contributed by atoms with Crippen molar-refractivity contribution in [3.63, 3.8) is 0 Å². The van der Waals surface area contributed by atoms with Gasteiger partial charge < -0.3 is 47.7 Å². The van der Waals surface area contributed by atoms with Crippen LogP contribution in [0.2, 0.25) is 0 Å². The minimum absolute atomic E-state index is 0.0336. The summed E-state index contributed by atoms with van der Waals surface area (Å²) in [5, 5.41) is 0. The third-order valence-electron chi connectivity index (χ3n) is 25.0. The highest BCUT2D eigenvalue weighted by atomic mass is 32.2. The molecule has 4 aromatic rings. The number of rotatable bonds is 24. The van der Waals surface area contributed by atoms with Crippen molar-refractivity contribution in [2.45, 2.75) is 255 Å². The zero-order valence-electron chi connectivity index (χ0n) is 72.2. The lowest BCUT2D eigenvalue weighted by molar-refractivity contribution is -0.161. The van der Waals surface area contributed by atoms with E-state index in [1.807, 2.05) is 64.1 Å². The van der Waals surface area contributed by atoms with Crippen LogP contribution in [0.4, 0.5) is 8.78 Å². The Balaban J connectivity index is 0.000000235. The molecule has 0 bridgehead atoms. The van der Waals surface area contributed by atoms with Gasteiger partial charge in [0.25, 0.3) is 0 Å². The Bertz CT molecular complexity index is 4500. The largest absolute Gasteiger partial charge is 0.497 e. The van der Waals surface area contributed by atoms with Crippen LogP contribution in [-0.4, -0.2) is 207 Å². The van der Waals surface area contributed by atoms with Crippen LogP contribution >= 0.6 is 0 Å². The molecule has 28 nitrogen and oxygen atoms in total. The number of nitrogens with zero attached hydrogens (tertiary/aromatic N) is 6. The number of aromatic nitrogens is 4. The summed E-state index contributed by atoms with van der Waals surface area (Å²) in [5.74, 6) is -6.59. The highest BCUT2D eigenvalue weighted by Gasteiger charge is 2.66. The molecule has 4 aliphatic carbocycles. The second-order valence-electron chi connectivity index (χ2n) is 37.5. The van der Waals surface area contributed by atoms with Gasteiger partial charge >= 0.3 is 11.9 Å². The molecule has 6 fully saturated rings. The predicted molar refractivity (Wildman–Crippen MR) is 443 cm³/mol. The Hall–Kier alpha value is -8.36. The van der Waals surface area contributed by atoms with Crippen molar-refractivity contribution in [3.8, 4) is 23.3 Å². The van der Waals surface area contributed by atoms with Gasteiger partial charge in [-0.2, -0.15) is 0 Å². The van der Waals surface area contributed by atoms with Gasteiger partial charge in [0.2, 0.25) is 55.4 Å². The summed E-state index contributed by atoms with van der Waals surface area (Å²) >= 11 is 0. The van der Waals surface area contributed by atoms with Gasteiger partial charge in [-0.1, -0.05) is 65.8 Å². The van der Waals surface area contributed by atoms with Gasteiger partial charge in [-0.15, -0.1) is 0 Å². The average Bonchev–Trinajstić information content (AvgIpc) is 1.56. The minimum atomic E-state index is -4.36. The van der Waals surface area contributed by atoms with Gasteiger partial charge in [-0.3, -0.25) is 47.8 Å². The second kappa shape index (κ2) is 37.0. The number of ether oxygens (including phenoxy) is 8. The van der Waals surface area contributed by atoms with Crippen LogP contribution in [-0.2, 0) is 77.4 Å². The number of methoxy groups -OCH3 is 4. The predicted octanol–water partition coefficient (Wildman–Crippen LogP) is 12.0. The third-order valence-corrected chi connectivity index (χ3v) is 29.2. The molecule has 14 atom stereocenters. The lowest BCUT2D eigenvalue weighted by atomic mass is 9.81. The molecule has 4 aliphatic heterocycles. The van der Waals surface area contributed by atoms with Crippen molar-refractivity contribution in [3.05, 3.63) is 72.1 Å². The minimum Gasteiger partial charge on any atom is -0.497 e. The third kappa shape index (κ3) is 21.1. The standard InChI is InChI=1S/2C44H61FN4O10S/c2*1-26(2)38-39(47-34-18-30(57-8)13-14-33(34)46-38)58-31-19-35-36(50)22-44(41(53)48-60(54,55)43(25-45)15-16-43)21-29(44)12-10-9-11-27(3)17-28(24-56-7)32(40(52)49(35)23-31)20-37(51)59-42(4,5)6/h2*10,12-14,18,26-29,31-32,35H,9,11,15-17,19-25H2,1-8H3,(H,48,53)/b2*12-10-/t27-,28+,29-,31-,32+,35+,44-;27-,28-,29+,31+,32-,35-,44+/m10/s1. The smallest absolute Gasteiger partial charge is 0.307 e. The molecular weight excluding hydrogens is 1590 g/mol. The molecule has 0 spiro atoms. The Morgan fingerprint density at radius 1 is 0.542 bits per heavy atom. The summed E-state index contributed by atoms with van der Waals surface area (Å²) in [6, 6.07) is 8.49. The monoisotopic (exact) mass is 1710 g/mol. The SMILES string of the molecule is COC[C@@H]1C[C@@H](C)CC/C=C\[C@@H]2C[C@@]2(C(=O)NS(=O)(=O)C2(CF)CC2)CC(=O)[C@@H]2C[C@@H](Oc3nc4cc(OC)ccc4nc3C(C)C)CN2C(=O)[C@H]1CC(=O)OC(C)(C)C.COC[C@@H]1C[C@H](C)CC/C=C\[C@@H]2C[C@@]2(C(=O)NS(=O)(=O)C2(CF)CC2)CC(=O)[C@@H]2C[C@@H](Oc3nc4cc(OC)ccc4nc3C(C)C)CN2C(=O)[C@H]1CC(=O)OC(C)(C)C. The number of carbonyl (C=O) groups is 8. The van der Waals surface area contributed by atoms with E-state index in [1.165, 1.54) is 9.80 Å². The number of benzene rings is 2. The first-order valence-electron chi connectivity index (χ1n) is 42.2. The first-order valence-corrected chi connectivity index (χ1v) is 45.2. The molecule has 4 saturated carbocycles. The number of alkyl halides is 2. The lowest BCUT2D eigenvalue weighted by Crippen LogP contribution is -2.49. The van der Waals surface area contributed by atoms with Crippen LogP contribution in [0.5, 0.6) is 23.3 Å². The van der Waals surface area contributed by atoms with Crippen molar-refractivity contribution in [2.24, 2.45) is 58.2 Å². The number of hydrogen-bond acceptors (Lipinski definition) is 24. The number of carbonyl (C=O) groups excluding carboxylic acids is 8. The molecule has 2 aromatic heterocycles. The molecule has 2 aromatic carbocycles. The van der Waals surface area contributed by atoms with Crippen LogP contribution in [0.15, 0.2) is 60.7 Å². The van der Waals surface area contributed by atoms with E-state index >= 15 is 9.59 Å². The fourth-order valence-electron chi connectivity index (χ4n) is 17.6. The van der Waals surface area contributed by atoms with Gasteiger partial charge in [0, 0.05) is 77.1 Å². The van der Waals surface area contributed by atoms with Crippen molar-refractivity contribution in [1.82, 2.24) is 39.2 Å². The Kier molecular flexibility index (Phi) is 28.5. The molecule has 32 heteroatoms. The van der Waals surface area contributed by atoms with Crippen LogP contribution in [0.3, 0.4) is 0 Å². The van der Waals surface area contributed by atoms with Crippen LogP contribution < -0.4 is 28.4 Å². The molecule has 120 heavy (non-hydrogen) atoms. The number of nitrogens with one attached hydrogen (secondary N) is 2. The zero-order chi connectivity index (χ0) is 87.6. The number of esters is 2. The molecule has 8 aliphatic rings. The molecule has 0 radical (unpaired) electrons. The maximum atomic E-state index is 15.2. The average molecular weight is 1710 g/mol. The van der Waals surface area contributed by atoms with Gasteiger partial charge in [0.15, 0.2) is 11.6 Å². The second-order valence-corrected chi connectivity index (χ2v) is 41.6. The molecule has 6 heterocycles. The summed E-state index contributed by atoms with van der Waals surface area (Å²) in [5.41, 5.74) is -0.979. The zero-order valence-corrected chi connectivity index (χ0v) is 73.9. The quantitative estimate of drug-likeness (QED) is 0.0486. The van der Waals surface area contributed by atoms with Crippen molar-refractivity contribution in [1.29, 1.82) is 0 Å². The molecule has 2 N–H and O–H groups in total. The van der Waals surface area contributed by atoms with E-state index in [-0.39, 0.29) is 139 Å². The summed E-state index contributed by atoms with van der Waals surface area (Å²) in [4.78, 5) is 138. The molecule has 12 rings (SSSR count). The summed E-state index contributed by atoms with van der Waals surface area (Å²) in [7, 11) is -2.53. The topological polar surface area (TPSA) is 361 Å². The molecule has 0 unspecified atom stereocenters. The highest BCUT2D eigenvalue weighted by molar-refractivity contribution is 7.92. The maximum Gasteiger partial charge on any atom is 0.307 e. The Labute approximate surface area is 703 Å². The van der Waals surface area contributed by atoms with Crippen LogP contribution in [0.25, 0.3) is 22.1 Å². The molecule has 4 amide bonds. The van der Waals surface area contributed by atoms with Crippen LogP contribution in [0, 0.1) is 58.2 Å². The number of allylic oxidation sites excluding steroid dienone is 4. The fraction of sp³-hybridized carbons (Fsp3) is 0.682. The number of amides is 4. The first-order chi connectivity index (χ1) is 56.5. The Morgan fingerprint density at radius 2 is 0.908 bits per heavy atom. The van der Waals surface area contributed by atoms with Gasteiger partial charge in [-0.05, 0) is 178 Å². The number of hydrogen-bond donors (Lipinski definition) is 2. The first kappa shape index (κ1) is 92.4. The van der Waals surface area contributed by atoms with E-state index in [2.05, 4.69) is 23.3 Å². The summed E-state index contributed by atoms with van der Waals surface area (Å²) in [6.07, 6.45) is 9.59. The van der Waals surface area contributed by atoms with Crippen LogP contribution in [0.1, 0.15) is 222 Å². The van der Waals surface area contributed by atoms with E-state index in [0.29, 0.717) is 70.6 Å². The van der Waals surface area contributed by atoms with Gasteiger partial charge in [0.05, 0.1) is 97.0 Å².